The first-order valence-corrected chi connectivity index (χ1v) is 16.8. The molecular formula is C43H46BN3. The number of pyridine rings is 3. The van der Waals surface area contributed by atoms with E-state index in [4.69, 9.17) is 0 Å². The van der Waals surface area contributed by atoms with Crippen LogP contribution in [0.1, 0.15) is 73.1 Å². The van der Waals surface area contributed by atoms with Crippen molar-refractivity contribution in [3.8, 4) is 22.3 Å². The van der Waals surface area contributed by atoms with Gasteiger partial charge in [0.1, 0.15) is 0 Å². The van der Waals surface area contributed by atoms with Crippen molar-refractivity contribution < 1.29 is 0 Å². The third-order valence-corrected chi connectivity index (χ3v) is 10.4. The Balaban J connectivity index is 1.75. The first-order valence-electron chi connectivity index (χ1n) is 16.8. The number of rotatable bonds is 6. The van der Waals surface area contributed by atoms with E-state index in [1.165, 1.54) is 83.2 Å². The van der Waals surface area contributed by atoms with Crippen LogP contribution in [0.25, 0.3) is 27.8 Å². The number of aryl methyl sites for hydroxylation is 4. The van der Waals surface area contributed by atoms with E-state index in [0.717, 1.165) is 17.5 Å². The molecule has 0 N–H and O–H groups in total. The largest absolute Gasteiger partial charge is 0.264 e. The lowest BCUT2D eigenvalue weighted by atomic mass is 9.31. The molecule has 236 valence electrons. The maximum atomic E-state index is 4.57. The van der Waals surface area contributed by atoms with Gasteiger partial charge < -0.3 is 0 Å². The van der Waals surface area contributed by atoms with Crippen LogP contribution in [-0.2, 0) is 0 Å². The van der Waals surface area contributed by atoms with Crippen LogP contribution in [0, 0.1) is 47.0 Å². The predicted octanol–water partition coefficient (Wildman–Crippen LogP) is 9.42. The third kappa shape index (κ3) is 5.69. The minimum atomic E-state index is -0.0261. The van der Waals surface area contributed by atoms with E-state index in [-0.39, 0.29) is 12.1 Å². The van der Waals surface area contributed by atoms with Gasteiger partial charge in [-0.3, -0.25) is 15.0 Å². The lowest BCUT2D eigenvalue weighted by molar-refractivity contribution is 0.486. The van der Waals surface area contributed by atoms with Gasteiger partial charge in [-0.1, -0.05) is 82.9 Å². The molecule has 4 heteroatoms. The maximum Gasteiger partial charge on any atom is 0.242 e. The quantitative estimate of drug-likeness (QED) is 0.179. The minimum Gasteiger partial charge on any atom is -0.264 e. The summed E-state index contributed by atoms with van der Waals surface area (Å²) in [6.45, 7) is 23.3. The molecule has 47 heavy (non-hydrogen) atoms. The fourth-order valence-corrected chi connectivity index (χ4v) is 9.02. The van der Waals surface area contributed by atoms with Gasteiger partial charge in [0, 0.05) is 48.3 Å². The summed E-state index contributed by atoms with van der Waals surface area (Å²) in [6.07, 6.45) is 12.6. The van der Waals surface area contributed by atoms with E-state index in [0.29, 0.717) is 0 Å². The monoisotopic (exact) mass is 615 g/mol. The van der Waals surface area contributed by atoms with Crippen LogP contribution in [-0.4, -0.2) is 21.7 Å². The van der Waals surface area contributed by atoms with Crippen molar-refractivity contribution in [1.82, 2.24) is 15.0 Å². The Morgan fingerprint density at radius 1 is 0.574 bits per heavy atom. The van der Waals surface area contributed by atoms with Crippen molar-refractivity contribution in [2.24, 2.45) is 5.41 Å². The van der Waals surface area contributed by atoms with Gasteiger partial charge >= 0.3 is 0 Å². The Kier molecular flexibility index (Phi) is 8.65. The van der Waals surface area contributed by atoms with E-state index in [2.05, 4.69) is 121 Å². The SMILES string of the molecule is CC1=C(B(c2c(C)cc(C)c(-c3cccnc3)c2C)c2c(C)cc(C)c(-c3cccnc3)c2C)C(C)=C(c2cccnc2)C(C)(C)C1. The van der Waals surface area contributed by atoms with E-state index >= 15 is 0 Å². The topological polar surface area (TPSA) is 38.7 Å². The molecule has 2 aromatic carbocycles. The highest BCUT2D eigenvalue weighted by molar-refractivity contribution is 6.93. The average Bonchev–Trinajstić information content (AvgIpc) is 3.01. The van der Waals surface area contributed by atoms with E-state index in [9.17, 15) is 0 Å². The van der Waals surface area contributed by atoms with Gasteiger partial charge in [-0.25, -0.2) is 0 Å². The summed E-state index contributed by atoms with van der Waals surface area (Å²) in [5.41, 5.74) is 22.3. The predicted molar refractivity (Wildman–Crippen MR) is 201 cm³/mol. The summed E-state index contributed by atoms with van der Waals surface area (Å²) in [5, 5.41) is 0. The van der Waals surface area contributed by atoms with Gasteiger partial charge in [0.25, 0.3) is 0 Å². The lowest BCUT2D eigenvalue weighted by Gasteiger charge is -2.40. The molecule has 3 nitrogen and oxygen atoms in total. The molecule has 3 aromatic heterocycles. The van der Waals surface area contributed by atoms with E-state index in [1.807, 2.05) is 49.3 Å². The summed E-state index contributed by atoms with van der Waals surface area (Å²) in [6, 6.07) is 17.6. The van der Waals surface area contributed by atoms with Gasteiger partial charge in [-0.15, -0.1) is 0 Å². The summed E-state index contributed by atoms with van der Waals surface area (Å²) in [7, 11) is 0. The van der Waals surface area contributed by atoms with Crippen LogP contribution in [0.3, 0.4) is 0 Å². The van der Waals surface area contributed by atoms with Gasteiger partial charge in [0.2, 0.25) is 6.71 Å². The number of nitrogens with zero attached hydrogens (tertiary/aromatic N) is 3. The van der Waals surface area contributed by atoms with Crippen LogP contribution < -0.4 is 10.9 Å². The van der Waals surface area contributed by atoms with Crippen molar-refractivity contribution in [3.63, 3.8) is 0 Å². The number of hydrogen-bond acceptors (Lipinski definition) is 3. The normalized spacial score (nSPS) is 14.5. The second-order valence-corrected chi connectivity index (χ2v) is 14.3. The summed E-state index contributed by atoms with van der Waals surface area (Å²) in [5.74, 6) is 0. The van der Waals surface area contributed by atoms with Crippen LogP contribution in [0.4, 0.5) is 0 Å². The number of hydrogen-bond donors (Lipinski definition) is 0. The fraction of sp³-hybridized carbons (Fsp3) is 0.279. The molecule has 0 unspecified atom stereocenters. The zero-order chi connectivity index (χ0) is 33.6. The fourth-order valence-electron chi connectivity index (χ4n) is 9.02. The molecule has 1 aliphatic carbocycles. The Morgan fingerprint density at radius 3 is 1.40 bits per heavy atom. The molecule has 6 rings (SSSR count). The molecule has 5 aromatic rings. The molecule has 0 radical (unpaired) electrons. The second kappa shape index (κ2) is 12.6. The average molecular weight is 616 g/mol. The number of aromatic nitrogens is 3. The van der Waals surface area contributed by atoms with Gasteiger partial charge in [0.05, 0.1) is 0 Å². The Bertz CT molecular complexity index is 1940. The smallest absolute Gasteiger partial charge is 0.242 e. The molecule has 0 bridgehead atoms. The molecule has 1 aliphatic rings. The van der Waals surface area contributed by atoms with Crippen molar-refractivity contribution in [3.05, 3.63) is 141 Å². The van der Waals surface area contributed by atoms with Crippen molar-refractivity contribution in [1.29, 1.82) is 0 Å². The standard InChI is InChI=1S/C43H46BN3/c1-26-20-28(3)40(31(6)37(26)34-14-11-17-45-23-34)44(41-29(4)21-27(2)38(32(41)7)35-15-12-18-46-24-35)42-30(5)22-43(9,10)39(33(42)8)36-16-13-19-47-25-36/h11-21,23-25H,22H2,1-10H3. The van der Waals surface area contributed by atoms with Gasteiger partial charge in [-0.05, 0) is 130 Å². The summed E-state index contributed by atoms with van der Waals surface area (Å²) < 4.78 is 0. The highest BCUT2D eigenvalue weighted by atomic mass is 14.6. The molecule has 3 heterocycles. The Hall–Kier alpha value is -4.57. The molecular weight excluding hydrogens is 569 g/mol. The van der Waals surface area contributed by atoms with Crippen LogP contribution in [0.15, 0.2) is 102 Å². The van der Waals surface area contributed by atoms with E-state index in [1.54, 1.807) is 0 Å². The van der Waals surface area contributed by atoms with Crippen molar-refractivity contribution in [2.45, 2.75) is 75.7 Å². The van der Waals surface area contributed by atoms with Gasteiger partial charge in [-0.2, -0.15) is 0 Å². The highest BCUT2D eigenvalue weighted by Crippen LogP contribution is 2.49. The number of benzene rings is 2. The molecule has 0 aliphatic heterocycles. The zero-order valence-electron chi connectivity index (χ0n) is 29.7. The summed E-state index contributed by atoms with van der Waals surface area (Å²) >= 11 is 0. The van der Waals surface area contributed by atoms with E-state index < -0.39 is 0 Å². The first-order chi connectivity index (χ1) is 22.4. The number of allylic oxidation sites excluding steroid dienone is 4. The molecule has 0 amide bonds. The maximum absolute atomic E-state index is 4.57. The molecule has 0 atom stereocenters. The summed E-state index contributed by atoms with van der Waals surface area (Å²) in [4.78, 5) is 13.6. The van der Waals surface area contributed by atoms with Crippen LogP contribution >= 0.6 is 0 Å². The van der Waals surface area contributed by atoms with Crippen LogP contribution in [0.2, 0.25) is 0 Å². The highest BCUT2D eigenvalue weighted by Gasteiger charge is 2.40. The molecule has 0 spiro atoms. The van der Waals surface area contributed by atoms with Crippen LogP contribution in [0.5, 0.6) is 0 Å². The first kappa shape index (κ1) is 32.4. The zero-order valence-corrected chi connectivity index (χ0v) is 29.7. The van der Waals surface area contributed by atoms with Crippen molar-refractivity contribution >= 4 is 23.2 Å². The molecule has 0 saturated heterocycles. The minimum absolute atomic E-state index is 0.0261. The van der Waals surface area contributed by atoms with Crippen molar-refractivity contribution in [2.75, 3.05) is 0 Å². The van der Waals surface area contributed by atoms with Gasteiger partial charge in [0.15, 0.2) is 0 Å². The lowest BCUT2D eigenvalue weighted by Crippen LogP contribution is -2.51. The third-order valence-electron chi connectivity index (χ3n) is 10.4. The second-order valence-electron chi connectivity index (χ2n) is 14.3. The Morgan fingerprint density at radius 2 is 1.00 bits per heavy atom. The molecule has 0 fully saturated rings. The Labute approximate surface area is 282 Å². The molecule has 0 saturated carbocycles.